The van der Waals surface area contributed by atoms with Crippen LogP contribution in [-0.4, -0.2) is 61.9 Å². The van der Waals surface area contributed by atoms with E-state index in [2.05, 4.69) is 22.3 Å². The molecule has 29 heavy (non-hydrogen) atoms. The Balaban J connectivity index is 0.00000210. The highest BCUT2D eigenvalue weighted by Crippen LogP contribution is 2.49. The number of hydrogen-bond acceptors (Lipinski definition) is 5. The molecule has 2 fully saturated rings. The van der Waals surface area contributed by atoms with Crippen LogP contribution in [0.4, 0.5) is 0 Å². The summed E-state index contributed by atoms with van der Waals surface area (Å²) in [6, 6.07) is 10.4. The van der Waals surface area contributed by atoms with Crippen molar-refractivity contribution in [1.29, 1.82) is 0 Å². The molecule has 1 heterocycles. The lowest BCUT2D eigenvalue weighted by atomic mass is 9.54. The van der Waals surface area contributed by atoms with Crippen LogP contribution in [0.2, 0.25) is 0 Å². The number of rotatable bonds is 7. The van der Waals surface area contributed by atoms with Crippen LogP contribution in [0.3, 0.4) is 0 Å². The van der Waals surface area contributed by atoms with E-state index in [1.165, 1.54) is 5.56 Å². The Morgan fingerprint density at radius 2 is 1.90 bits per heavy atom. The highest BCUT2D eigenvalue weighted by Gasteiger charge is 2.62. The molecule has 1 saturated carbocycles. The van der Waals surface area contributed by atoms with Gasteiger partial charge in [-0.25, -0.2) is 0 Å². The zero-order chi connectivity index (χ0) is 19.5. The van der Waals surface area contributed by atoms with Gasteiger partial charge in [-0.15, -0.1) is 24.8 Å². The van der Waals surface area contributed by atoms with Crippen molar-refractivity contribution < 1.29 is 14.3 Å². The van der Waals surface area contributed by atoms with Crippen LogP contribution in [0.15, 0.2) is 30.3 Å². The summed E-state index contributed by atoms with van der Waals surface area (Å²) < 4.78 is 11.2. The SMILES string of the molecule is CCOC1CC(N)(C(=O)NCC(c2ccccc2)N2CCOCC2)C1(C)C.Cl.Cl. The van der Waals surface area contributed by atoms with Crippen molar-refractivity contribution in [2.24, 2.45) is 11.1 Å². The van der Waals surface area contributed by atoms with Crippen molar-refractivity contribution in [3.05, 3.63) is 35.9 Å². The molecular weight excluding hydrogens is 413 g/mol. The average Bonchev–Trinajstić information content (AvgIpc) is 2.69. The molecule has 1 saturated heterocycles. The second-order valence-corrected chi connectivity index (χ2v) is 8.13. The van der Waals surface area contributed by atoms with E-state index >= 15 is 0 Å². The predicted octanol–water partition coefficient (Wildman–Crippen LogP) is 2.55. The van der Waals surface area contributed by atoms with Crippen LogP contribution in [0.25, 0.3) is 0 Å². The topological polar surface area (TPSA) is 76.8 Å². The maximum Gasteiger partial charge on any atom is 0.240 e. The van der Waals surface area contributed by atoms with E-state index in [0.717, 1.165) is 26.3 Å². The van der Waals surface area contributed by atoms with E-state index in [4.69, 9.17) is 15.2 Å². The first-order chi connectivity index (χ1) is 12.9. The molecule has 0 radical (unpaired) electrons. The Kier molecular flexibility index (Phi) is 9.86. The second-order valence-electron chi connectivity index (χ2n) is 8.13. The van der Waals surface area contributed by atoms with Gasteiger partial charge in [0.1, 0.15) is 5.54 Å². The summed E-state index contributed by atoms with van der Waals surface area (Å²) in [5.41, 5.74) is 6.45. The van der Waals surface area contributed by atoms with Crippen molar-refractivity contribution in [1.82, 2.24) is 10.2 Å². The number of nitrogens with one attached hydrogen (secondary N) is 1. The number of carbonyl (C=O) groups excluding carboxylic acids is 1. The molecule has 3 atom stereocenters. The number of nitrogens with two attached hydrogens (primary N) is 1. The van der Waals surface area contributed by atoms with E-state index in [-0.39, 0.29) is 48.3 Å². The van der Waals surface area contributed by atoms with Crippen molar-refractivity contribution >= 4 is 30.7 Å². The molecule has 1 amide bonds. The summed E-state index contributed by atoms with van der Waals surface area (Å²) >= 11 is 0. The minimum atomic E-state index is -0.890. The molecule has 1 aliphatic carbocycles. The first-order valence-corrected chi connectivity index (χ1v) is 9.95. The molecule has 1 aromatic rings. The van der Waals surface area contributed by atoms with E-state index < -0.39 is 5.54 Å². The van der Waals surface area contributed by atoms with E-state index in [1.807, 2.05) is 39.0 Å². The van der Waals surface area contributed by atoms with Gasteiger partial charge in [-0.3, -0.25) is 9.69 Å². The largest absolute Gasteiger partial charge is 0.379 e. The van der Waals surface area contributed by atoms with Gasteiger partial charge >= 0.3 is 0 Å². The van der Waals surface area contributed by atoms with Gasteiger partial charge < -0.3 is 20.5 Å². The van der Waals surface area contributed by atoms with Crippen molar-refractivity contribution in [3.63, 3.8) is 0 Å². The van der Waals surface area contributed by atoms with Gasteiger partial charge in [-0.05, 0) is 12.5 Å². The molecule has 3 unspecified atom stereocenters. The third kappa shape index (κ3) is 5.24. The normalized spacial score (nSPS) is 27.0. The smallest absolute Gasteiger partial charge is 0.240 e. The van der Waals surface area contributed by atoms with Gasteiger partial charge in [0.25, 0.3) is 0 Å². The Labute approximate surface area is 186 Å². The summed E-state index contributed by atoms with van der Waals surface area (Å²) in [4.78, 5) is 15.4. The minimum absolute atomic E-state index is 0. The Bertz CT molecular complexity index is 641. The number of morpholine rings is 1. The highest BCUT2D eigenvalue weighted by atomic mass is 35.5. The maximum atomic E-state index is 13.0. The van der Waals surface area contributed by atoms with Crippen LogP contribution in [0, 0.1) is 5.41 Å². The fourth-order valence-corrected chi connectivity index (χ4v) is 4.19. The Morgan fingerprint density at radius 3 is 2.45 bits per heavy atom. The van der Waals surface area contributed by atoms with Crippen LogP contribution < -0.4 is 11.1 Å². The third-order valence-electron chi connectivity index (χ3n) is 6.36. The zero-order valence-electron chi connectivity index (χ0n) is 17.6. The lowest BCUT2D eigenvalue weighted by Gasteiger charge is -2.57. The lowest BCUT2D eigenvalue weighted by Crippen LogP contribution is -2.76. The number of halogens is 2. The maximum absolute atomic E-state index is 13.0. The predicted molar refractivity (Wildman–Crippen MR) is 120 cm³/mol. The first kappa shape index (κ1) is 26.1. The van der Waals surface area contributed by atoms with Crippen LogP contribution in [-0.2, 0) is 14.3 Å². The molecule has 0 bridgehead atoms. The van der Waals surface area contributed by atoms with Gasteiger partial charge in [0.2, 0.25) is 5.91 Å². The summed E-state index contributed by atoms with van der Waals surface area (Å²) in [6.07, 6.45) is 0.593. The van der Waals surface area contributed by atoms with Crippen molar-refractivity contribution in [2.45, 2.75) is 44.9 Å². The monoisotopic (exact) mass is 447 g/mol. The number of amides is 1. The van der Waals surface area contributed by atoms with Crippen molar-refractivity contribution in [3.8, 4) is 0 Å². The van der Waals surface area contributed by atoms with Gasteiger partial charge in [-0.2, -0.15) is 0 Å². The van der Waals surface area contributed by atoms with Crippen LogP contribution in [0.1, 0.15) is 38.8 Å². The number of carbonyl (C=O) groups is 1. The summed E-state index contributed by atoms with van der Waals surface area (Å²) in [7, 11) is 0. The lowest BCUT2D eigenvalue weighted by molar-refractivity contribution is -0.170. The molecule has 0 spiro atoms. The summed E-state index contributed by atoms with van der Waals surface area (Å²) in [5.74, 6) is -0.0855. The number of nitrogens with zero attached hydrogens (tertiary/aromatic N) is 1. The second kappa shape index (κ2) is 10.9. The number of ether oxygens (including phenoxy) is 2. The summed E-state index contributed by atoms with van der Waals surface area (Å²) in [6.45, 7) is 10.4. The average molecular weight is 448 g/mol. The Hall–Kier alpha value is -0.890. The minimum Gasteiger partial charge on any atom is -0.379 e. The number of benzene rings is 1. The van der Waals surface area contributed by atoms with E-state index in [9.17, 15) is 4.79 Å². The highest BCUT2D eigenvalue weighted by molar-refractivity contribution is 5.88. The summed E-state index contributed by atoms with van der Waals surface area (Å²) in [5, 5.41) is 3.14. The molecule has 3 rings (SSSR count). The molecule has 166 valence electrons. The van der Waals surface area contributed by atoms with Gasteiger partial charge in [0.05, 0.1) is 25.4 Å². The van der Waals surface area contributed by atoms with Gasteiger partial charge in [-0.1, -0.05) is 44.2 Å². The third-order valence-corrected chi connectivity index (χ3v) is 6.36. The fraction of sp³-hybridized carbons (Fsp3) is 0.667. The van der Waals surface area contributed by atoms with E-state index in [1.54, 1.807) is 0 Å². The molecule has 2 aliphatic rings. The number of hydrogen-bond donors (Lipinski definition) is 2. The first-order valence-electron chi connectivity index (χ1n) is 9.95. The fourth-order valence-electron chi connectivity index (χ4n) is 4.19. The van der Waals surface area contributed by atoms with Crippen LogP contribution in [0.5, 0.6) is 0 Å². The zero-order valence-corrected chi connectivity index (χ0v) is 19.2. The van der Waals surface area contributed by atoms with Crippen LogP contribution >= 0.6 is 24.8 Å². The standard InChI is InChI=1S/C21H33N3O3.2ClH/c1-4-27-18-14-21(22,20(18,2)3)19(25)23-15-17(16-8-6-5-7-9-16)24-10-12-26-13-11-24;;/h5-9,17-18H,4,10-15,22H2,1-3H3,(H,23,25);2*1H. The van der Waals surface area contributed by atoms with Crippen molar-refractivity contribution in [2.75, 3.05) is 39.5 Å². The van der Waals surface area contributed by atoms with Gasteiger partial charge in [0.15, 0.2) is 0 Å². The molecule has 6 nitrogen and oxygen atoms in total. The quantitative estimate of drug-likeness (QED) is 0.671. The molecule has 0 aromatic heterocycles. The van der Waals surface area contributed by atoms with E-state index in [0.29, 0.717) is 19.6 Å². The molecule has 3 N–H and O–H groups in total. The molecular formula is C21H35Cl2N3O3. The van der Waals surface area contributed by atoms with Gasteiger partial charge in [0, 0.05) is 38.1 Å². The molecule has 1 aromatic carbocycles. The molecule has 8 heteroatoms. The molecule has 1 aliphatic heterocycles. The Morgan fingerprint density at radius 1 is 1.28 bits per heavy atom.